The number of nitrogens with two attached hydrogens (primary N) is 1. The molecular weight excluding hydrogens is 276 g/mol. The molecule has 0 aliphatic rings. The number of carbonyl (C=O) groups excluding carboxylic acids is 2. The van der Waals surface area contributed by atoms with Crippen molar-refractivity contribution in [2.45, 2.75) is 6.42 Å². The topological polar surface area (TPSA) is 111 Å². The number of carbonyl (C=O) groups is 2. The van der Waals surface area contributed by atoms with Gasteiger partial charge in [0.05, 0.1) is 13.2 Å². The molecule has 0 radical (unpaired) electrons. The summed E-state index contributed by atoms with van der Waals surface area (Å²) in [6.45, 7) is 1.08. The van der Waals surface area contributed by atoms with Gasteiger partial charge in [-0.05, 0) is 30.7 Å². The number of aliphatic hydroxyl groups excluding tert-OH is 1. The molecule has 0 heterocycles. The molecule has 0 bridgehead atoms. The van der Waals surface area contributed by atoms with E-state index in [1.165, 1.54) is 0 Å². The van der Waals surface area contributed by atoms with Gasteiger partial charge in [0.15, 0.2) is 6.61 Å². The van der Waals surface area contributed by atoms with E-state index in [1.54, 1.807) is 24.3 Å². The average Bonchev–Trinajstić information content (AvgIpc) is 2.49. The number of hydrogen-bond donors (Lipinski definition) is 3. The summed E-state index contributed by atoms with van der Waals surface area (Å²) in [6, 6.07) is 6.41. The van der Waals surface area contributed by atoms with Gasteiger partial charge >= 0.3 is 0 Å². The van der Waals surface area contributed by atoms with Crippen LogP contribution in [0.3, 0.4) is 0 Å². The van der Waals surface area contributed by atoms with Crippen molar-refractivity contribution in [1.82, 2.24) is 5.32 Å². The van der Waals surface area contributed by atoms with E-state index < -0.39 is 5.91 Å². The second-order valence-corrected chi connectivity index (χ2v) is 4.22. The van der Waals surface area contributed by atoms with Gasteiger partial charge in [-0.25, -0.2) is 0 Å². The number of hydrogen-bond acceptors (Lipinski definition) is 5. The minimum Gasteiger partial charge on any atom is -0.484 e. The summed E-state index contributed by atoms with van der Waals surface area (Å²) < 4.78 is 10.2. The highest BCUT2D eigenvalue weighted by atomic mass is 16.5. The van der Waals surface area contributed by atoms with E-state index >= 15 is 0 Å². The molecule has 0 atom stereocenters. The minimum absolute atomic E-state index is 0.00344. The average molecular weight is 296 g/mol. The molecule has 0 unspecified atom stereocenters. The maximum atomic E-state index is 11.8. The van der Waals surface area contributed by atoms with Crippen molar-refractivity contribution in [3.63, 3.8) is 0 Å². The third kappa shape index (κ3) is 7.28. The summed E-state index contributed by atoms with van der Waals surface area (Å²) in [7, 11) is 0. The van der Waals surface area contributed by atoms with Crippen LogP contribution in [0, 0.1) is 0 Å². The quantitative estimate of drug-likeness (QED) is 0.512. The lowest BCUT2D eigenvalue weighted by molar-refractivity contribution is -0.119. The molecule has 0 spiro atoms. The Morgan fingerprint density at radius 2 is 1.90 bits per heavy atom. The first kappa shape index (κ1) is 16.9. The number of primary amides is 1. The van der Waals surface area contributed by atoms with Gasteiger partial charge in [-0.2, -0.15) is 0 Å². The highest BCUT2D eigenvalue weighted by Crippen LogP contribution is 2.11. The van der Waals surface area contributed by atoms with Gasteiger partial charge in [0.1, 0.15) is 5.75 Å². The van der Waals surface area contributed by atoms with Gasteiger partial charge < -0.3 is 25.6 Å². The van der Waals surface area contributed by atoms with Gasteiger partial charge in [0.25, 0.3) is 11.8 Å². The Bertz CT molecular complexity index is 447. The van der Waals surface area contributed by atoms with Crippen molar-refractivity contribution in [1.29, 1.82) is 0 Å². The lowest BCUT2D eigenvalue weighted by atomic mass is 10.2. The fourth-order valence-corrected chi connectivity index (χ4v) is 1.50. The number of ether oxygens (including phenoxy) is 2. The summed E-state index contributed by atoms with van der Waals surface area (Å²) in [4.78, 5) is 22.4. The largest absolute Gasteiger partial charge is 0.484 e. The van der Waals surface area contributed by atoms with Crippen LogP contribution in [0.25, 0.3) is 0 Å². The van der Waals surface area contributed by atoms with E-state index in [1.807, 2.05) is 0 Å². The zero-order valence-corrected chi connectivity index (χ0v) is 11.7. The minimum atomic E-state index is -0.555. The van der Waals surface area contributed by atoms with Gasteiger partial charge in [0.2, 0.25) is 0 Å². The first-order chi connectivity index (χ1) is 10.1. The smallest absolute Gasteiger partial charge is 0.255 e. The summed E-state index contributed by atoms with van der Waals surface area (Å²) >= 11 is 0. The van der Waals surface area contributed by atoms with Crippen LogP contribution in [0.15, 0.2) is 24.3 Å². The molecule has 0 aromatic heterocycles. The van der Waals surface area contributed by atoms with Crippen molar-refractivity contribution >= 4 is 11.8 Å². The lowest BCUT2D eigenvalue weighted by Gasteiger charge is -2.07. The second kappa shape index (κ2) is 9.73. The molecule has 4 N–H and O–H groups in total. The molecule has 0 saturated heterocycles. The van der Waals surface area contributed by atoms with E-state index in [0.717, 1.165) is 0 Å². The molecule has 1 aromatic carbocycles. The number of rotatable bonds is 10. The lowest BCUT2D eigenvalue weighted by Crippen LogP contribution is -2.25. The Kier molecular flexibility index (Phi) is 7.85. The van der Waals surface area contributed by atoms with Crippen molar-refractivity contribution in [3.8, 4) is 5.75 Å². The Balaban J connectivity index is 2.29. The summed E-state index contributed by atoms with van der Waals surface area (Å²) in [5.41, 5.74) is 5.46. The highest BCUT2D eigenvalue weighted by molar-refractivity contribution is 5.94. The van der Waals surface area contributed by atoms with E-state index in [-0.39, 0.29) is 19.1 Å². The Labute approximate surface area is 123 Å². The van der Waals surface area contributed by atoms with Crippen LogP contribution in [0.1, 0.15) is 16.8 Å². The molecule has 116 valence electrons. The molecule has 0 saturated carbocycles. The second-order valence-electron chi connectivity index (χ2n) is 4.22. The molecule has 21 heavy (non-hydrogen) atoms. The molecule has 1 aromatic rings. The standard InChI is InChI=1S/C14H20N2O5/c15-13(18)10-21-12-4-2-11(3-5-12)14(19)16-6-1-8-20-9-7-17/h2-5,17H,1,6-10H2,(H2,15,18)(H,16,19). The third-order valence-corrected chi connectivity index (χ3v) is 2.48. The molecule has 7 heteroatoms. The molecule has 0 aliphatic heterocycles. The van der Waals surface area contributed by atoms with Crippen LogP contribution in [0.2, 0.25) is 0 Å². The first-order valence-electron chi connectivity index (χ1n) is 6.61. The predicted molar refractivity (Wildman–Crippen MR) is 76.0 cm³/mol. The van der Waals surface area contributed by atoms with Crippen LogP contribution in [0.4, 0.5) is 0 Å². The third-order valence-electron chi connectivity index (χ3n) is 2.48. The fourth-order valence-electron chi connectivity index (χ4n) is 1.50. The Morgan fingerprint density at radius 3 is 2.52 bits per heavy atom. The molecule has 7 nitrogen and oxygen atoms in total. The van der Waals surface area contributed by atoms with Crippen molar-refractivity contribution in [2.24, 2.45) is 5.73 Å². The van der Waals surface area contributed by atoms with E-state index in [4.69, 9.17) is 20.3 Å². The van der Waals surface area contributed by atoms with Crippen LogP contribution >= 0.6 is 0 Å². The molecule has 1 rings (SSSR count). The van der Waals surface area contributed by atoms with Gasteiger partial charge in [-0.3, -0.25) is 9.59 Å². The molecule has 2 amide bonds. The van der Waals surface area contributed by atoms with Crippen LogP contribution < -0.4 is 15.8 Å². The summed E-state index contributed by atoms with van der Waals surface area (Å²) in [5, 5.41) is 11.3. The first-order valence-corrected chi connectivity index (χ1v) is 6.61. The molecule has 0 aliphatic carbocycles. The monoisotopic (exact) mass is 296 g/mol. The van der Waals surface area contributed by atoms with Crippen LogP contribution in [-0.4, -0.2) is 49.9 Å². The molecular formula is C14H20N2O5. The summed E-state index contributed by atoms with van der Waals surface area (Å²) in [5.74, 6) is -0.276. The maximum absolute atomic E-state index is 11.8. The van der Waals surface area contributed by atoms with E-state index in [2.05, 4.69) is 5.32 Å². The van der Waals surface area contributed by atoms with Gasteiger partial charge in [-0.15, -0.1) is 0 Å². The Morgan fingerprint density at radius 1 is 1.19 bits per heavy atom. The fraction of sp³-hybridized carbons (Fsp3) is 0.429. The van der Waals surface area contributed by atoms with Crippen LogP contribution in [0.5, 0.6) is 5.75 Å². The SMILES string of the molecule is NC(=O)COc1ccc(C(=O)NCCCOCCO)cc1. The van der Waals surface area contributed by atoms with Crippen molar-refractivity contribution in [2.75, 3.05) is 33.0 Å². The van der Waals surface area contributed by atoms with Gasteiger partial charge in [0, 0.05) is 18.7 Å². The zero-order chi connectivity index (χ0) is 15.5. The highest BCUT2D eigenvalue weighted by Gasteiger charge is 2.05. The van der Waals surface area contributed by atoms with E-state index in [9.17, 15) is 9.59 Å². The molecule has 0 fully saturated rings. The van der Waals surface area contributed by atoms with Crippen molar-refractivity contribution in [3.05, 3.63) is 29.8 Å². The van der Waals surface area contributed by atoms with Gasteiger partial charge in [-0.1, -0.05) is 0 Å². The van der Waals surface area contributed by atoms with Crippen LogP contribution in [-0.2, 0) is 9.53 Å². The predicted octanol–water partition coefficient (Wildman–Crippen LogP) is -0.321. The number of benzene rings is 1. The number of amides is 2. The van der Waals surface area contributed by atoms with E-state index in [0.29, 0.717) is 37.5 Å². The summed E-state index contributed by atoms with van der Waals surface area (Å²) in [6.07, 6.45) is 0.672. The maximum Gasteiger partial charge on any atom is 0.255 e. The normalized spacial score (nSPS) is 10.1. The number of aliphatic hydroxyl groups is 1. The Hall–Kier alpha value is -2.12. The zero-order valence-electron chi connectivity index (χ0n) is 11.7. The van der Waals surface area contributed by atoms with Crippen molar-refractivity contribution < 1.29 is 24.2 Å². The number of nitrogens with one attached hydrogen (secondary N) is 1.